The Hall–Kier alpha value is -3.13. The Labute approximate surface area is 194 Å². The van der Waals surface area contributed by atoms with E-state index in [0.717, 1.165) is 37.7 Å². The van der Waals surface area contributed by atoms with E-state index in [-0.39, 0.29) is 5.56 Å². The van der Waals surface area contributed by atoms with Crippen LogP contribution < -0.4 is 15.8 Å². The van der Waals surface area contributed by atoms with Crippen molar-refractivity contribution >= 4 is 51.3 Å². The molecule has 5 rings (SSSR count). The lowest BCUT2D eigenvalue weighted by atomic mass is 10.1. The van der Waals surface area contributed by atoms with Gasteiger partial charge in [0.05, 0.1) is 40.8 Å². The summed E-state index contributed by atoms with van der Waals surface area (Å²) in [5.74, 6) is 0.391. The molecule has 162 valence electrons. The van der Waals surface area contributed by atoms with Crippen molar-refractivity contribution in [2.75, 3.05) is 36.5 Å². The molecule has 1 fully saturated rings. The number of H-pyrrole nitrogens is 1. The van der Waals surface area contributed by atoms with Gasteiger partial charge in [0.1, 0.15) is 11.2 Å². The molecule has 1 aliphatic rings. The maximum Gasteiger partial charge on any atom is 0.262 e. The molecule has 0 unspecified atom stereocenters. The zero-order valence-corrected chi connectivity index (χ0v) is 18.5. The molecule has 0 atom stereocenters. The van der Waals surface area contributed by atoms with Gasteiger partial charge in [-0.2, -0.15) is 0 Å². The van der Waals surface area contributed by atoms with E-state index in [1.807, 2.05) is 30.3 Å². The second-order valence-electron chi connectivity index (χ2n) is 7.35. The van der Waals surface area contributed by atoms with Gasteiger partial charge in [-0.05, 0) is 36.4 Å². The number of ether oxygens (including phenoxy) is 1. The Morgan fingerprint density at radius 2 is 1.84 bits per heavy atom. The molecular weight excluding hydrogens is 449 g/mol. The van der Waals surface area contributed by atoms with Crippen LogP contribution in [-0.4, -0.2) is 41.3 Å². The second-order valence-corrected chi connectivity index (χ2v) is 8.14. The number of rotatable bonds is 4. The first-order valence-electron chi connectivity index (χ1n) is 10.1. The van der Waals surface area contributed by atoms with Crippen molar-refractivity contribution < 1.29 is 4.74 Å². The van der Waals surface area contributed by atoms with E-state index in [2.05, 4.69) is 20.2 Å². The number of nitrogens with one attached hydrogen (secondary N) is 2. The largest absolute Gasteiger partial charge is 0.378 e. The van der Waals surface area contributed by atoms with E-state index in [9.17, 15) is 4.79 Å². The monoisotopic (exact) mass is 467 g/mol. The number of halogens is 2. The van der Waals surface area contributed by atoms with E-state index in [4.69, 9.17) is 32.9 Å². The highest BCUT2D eigenvalue weighted by Crippen LogP contribution is 2.35. The molecule has 0 aliphatic carbocycles. The van der Waals surface area contributed by atoms with Crippen molar-refractivity contribution in [2.24, 2.45) is 0 Å². The Balaban J connectivity index is 1.55. The van der Waals surface area contributed by atoms with Crippen LogP contribution in [-0.2, 0) is 4.74 Å². The van der Waals surface area contributed by atoms with Crippen LogP contribution in [0.2, 0.25) is 10.0 Å². The number of morpholine rings is 1. The highest BCUT2D eigenvalue weighted by Gasteiger charge is 2.16. The molecule has 0 saturated carbocycles. The molecule has 9 heteroatoms. The zero-order chi connectivity index (χ0) is 22.1. The Bertz CT molecular complexity index is 1330. The van der Waals surface area contributed by atoms with E-state index in [0.29, 0.717) is 38.0 Å². The van der Waals surface area contributed by atoms with E-state index in [1.54, 1.807) is 18.2 Å². The summed E-state index contributed by atoms with van der Waals surface area (Å²) >= 11 is 12.6. The van der Waals surface area contributed by atoms with E-state index in [1.165, 1.54) is 6.33 Å². The molecule has 3 heterocycles. The first-order valence-corrected chi connectivity index (χ1v) is 10.9. The second kappa shape index (κ2) is 8.78. The predicted molar refractivity (Wildman–Crippen MR) is 128 cm³/mol. The summed E-state index contributed by atoms with van der Waals surface area (Å²) in [6.07, 6.45) is 1.37. The van der Waals surface area contributed by atoms with Crippen LogP contribution in [0.1, 0.15) is 0 Å². The lowest BCUT2D eigenvalue weighted by molar-refractivity contribution is 0.122. The third-order valence-corrected chi connectivity index (χ3v) is 6.18. The molecule has 32 heavy (non-hydrogen) atoms. The van der Waals surface area contributed by atoms with Crippen LogP contribution in [0.4, 0.5) is 17.2 Å². The number of pyridine rings is 1. The van der Waals surface area contributed by atoms with E-state index >= 15 is 0 Å². The molecule has 0 spiro atoms. The minimum absolute atomic E-state index is 0.279. The van der Waals surface area contributed by atoms with Crippen LogP contribution in [0.5, 0.6) is 0 Å². The summed E-state index contributed by atoms with van der Waals surface area (Å²) in [5, 5.41) is 4.46. The summed E-state index contributed by atoms with van der Waals surface area (Å²) < 4.78 is 5.42. The number of anilines is 3. The van der Waals surface area contributed by atoms with Crippen molar-refractivity contribution in [1.82, 2.24) is 15.0 Å². The van der Waals surface area contributed by atoms with Gasteiger partial charge in [0.2, 0.25) is 0 Å². The lowest BCUT2D eigenvalue weighted by Gasteiger charge is -2.28. The summed E-state index contributed by atoms with van der Waals surface area (Å²) in [6, 6.07) is 15.1. The number of hydrogen-bond acceptors (Lipinski definition) is 6. The minimum Gasteiger partial charge on any atom is -0.378 e. The molecule has 1 saturated heterocycles. The van der Waals surface area contributed by atoms with Crippen LogP contribution in [0, 0.1) is 0 Å². The smallest absolute Gasteiger partial charge is 0.262 e. The molecule has 0 bridgehead atoms. The third kappa shape index (κ3) is 4.02. The SMILES string of the molecule is O=c1[nH]cnc2cc(-c3cccc(Cl)c3Cl)nc(Nc3ccc(N4CCOCC4)cc3)c12. The molecule has 0 amide bonds. The first kappa shape index (κ1) is 20.8. The first-order chi connectivity index (χ1) is 15.6. The Kier molecular flexibility index (Phi) is 5.70. The summed E-state index contributed by atoms with van der Waals surface area (Å²) in [5.41, 5.74) is 3.37. The van der Waals surface area contributed by atoms with Gasteiger partial charge in [-0.1, -0.05) is 35.3 Å². The maximum absolute atomic E-state index is 12.6. The molecule has 1 aliphatic heterocycles. The molecule has 0 radical (unpaired) electrons. The standard InChI is InChI=1S/C23H19Cl2N5O2/c24-17-3-1-2-16(21(17)25)18-12-19-20(23(31)27-13-26-19)22(29-18)28-14-4-6-15(7-5-14)30-8-10-32-11-9-30/h1-7,12-13H,8-11H2,(H,28,29)(H,26,27,31). The number of nitrogens with zero attached hydrogens (tertiary/aromatic N) is 3. The Morgan fingerprint density at radius 3 is 2.62 bits per heavy atom. The summed E-state index contributed by atoms with van der Waals surface area (Å²) in [7, 11) is 0. The van der Waals surface area contributed by atoms with Crippen molar-refractivity contribution in [1.29, 1.82) is 0 Å². The van der Waals surface area contributed by atoms with Gasteiger partial charge >= 0.3 is 0 Å². The number of hydrogen-bond donors (Lipinski definition) is 2. The number of benzene rings is 2. The molecule has 2 N–H and O–H groups in total. The van der Waals surface area contributed by atoms with Crippen molar-refractivity contribution in [2.45, 2.75) is 0 Å². The van der Waals surface area contributed by atoms with Crippen molar-refractivity contribution in [3.05, 3.63) is 75.3 Å². The van der Waals surface area contributed by atoms with Crippen LogP contribution in [0.25, 0.3) is 22.2 Å². The van der Waals surface area contributed by atoms with Gasteiger partial charge in [-0.25, -0.2) is 9.97 Å². The zero-order valence-electron chi connectivity index (χ0n) is 16.9. The maximum atomic E-state index is 12.6. The van der Waals surface area contributed by atoms with Gasteiger partial charge in [0.25, 0.3) is 5.56 Å². The highest BCUT2D eigenvalue weighted by atomic mass is 35.5. The minimum atomic E-state index is -0.279. The van der Waals surface area contributed by atoms with Crippen LogP contribution in [0.15, 0.2) is 59.7 Å². The lowest BCUT2D eigenvalue weighted by Crippen LogP contribution is -2.36. The predicted octanol–water partition coefficient (Wildman–Crippen LogP) is 4.87. The molecule has 2 aromatic carbocycles. The topological polar surface area (TPSA) is 83.1 Å². The molecular formula is C23H19Cl2N5O2. The molecule has 2 aromatic heterocycles. The Morgan fingerprint density at radius 1 is 1.06 bits per heavy atom. The average Bonchev–Trinajstić information content (AvgIpc) is 2.82. The van der Waals surface area contributed by atoms with Gasteiger partial charge < -0.3 is 19.9 Å². The fourth-order valence-electron chi connectivity index (χ4n) is 3.73. The van der Waals surface area contributed by atoms with Crippen LogP contribution >= 0.6 is 23.2 Å². The average molecular weight is 468 g/mol. The van der Waals surface area contributed by atoms with Gasteiger partial charge in [-0.3, -0.25) is 4.79 Å². The van der Waals surface area contributed by atoms with E-state index < -0.39 is 0 Å². The highest BCUT2D eigenvalue weighted by molar-refractivity contribution is 6.43. The summed E-state index contributed by atoms with van der Waals surface area (Å²) in [6.45, 7) is 3.18. The van der Waals surface area contributed by atoms with Crippen molar-refractivity contribution in [3.8, 4) is 11.3 Å². The van der Waals surface area contributed by atoms with Crippen LogP contribution in [0.3, 0.4) is 0 Å². The number of fused-ring (bicyclic) bond motifs is 1. The quantitative estimate of drug-likeness (QED) is 0.445. The van der Waals surface area contributed by atoms with Gasteiger partial charge in [0, 0.05) is 30.0 Å². The number of aromatic nitrogens is 3. The van der Waals surface area contributed by atoms with Crippen molar-refractivity contribution in [3.63, 3.8) is 0 Å². The van der Waals surface area contributed by atoms with Gasteiger partial charge in [-0.15, -0.1) is 0 Å². The third-order valence-electron chi connectivity index (χ3n) is 5.36. The molecule has 7 nitrogen and oxygen atoms in total. The summed E-state index contributed by atoms with van der Waals surface area (Å²) in [4.78, 5) is 26.5. The number of aromatic amines is 1. The van der Waals surface area contributed by atoms with Gasteiger partial charge in [0.15, 0.2) is 0 Å². The fourth-order valence-corrected chi connectivity index (χ4v) is 4.13. The fraction of sp³-hybridized carbons (Fsp3) is 0.174. The normalized spacial score (nSPS) is 14.0. The molecule has 4 aromatic rings.